The molecular formula is C15H21N3O2. The van der Waals surface area contributed by atoms with Crippen LogP contribution in [0, 0.1) is 5.41 Å². The Morgan fingerprint density at radius 1 is 1.30 bits per heavy atom. The van der Waals surface area contributed by atoms with Gasteiger partial charge in [0.1, 0.15) is 0 Å². The molecule has 5 heteroatoms. The van der Waals surface area contributed by atoms with Crippen molar-refractivity contribution < 1.29 is 10.0 Å². The van der Waals surface area contributed by atoms with Crippen LogP contribution in [0.5, 0.6) is 0 Å². The molecule has 1 aliphatic carbocycles. The normalized spacial score (nSPS) is 18.0. The van der Waals surface area contributed by atoms with E-state index < -0.39 is 0 Å². The third-order valence-electron chi connectivity index (χ3n) is 4.19. The lowest BCUT2D eigenvalue weighted by Crippen LogP contribution is -2.38. The molecular weight excluding hydrogens is 254 g/mol. The topological polar surface area (TPSA) is 78.9 Å². The van der Waals surface area contributed by atoms with Crippen molar-refractivity contribution in [1.82, 2.24) is 0 Å². The molecule has 1 fully saturated rings. The Hall–Kier alpha value is -2.04. The summed E-state index contributed by atoms with van der Waals surface area (Å²) in [5, 5.41) is 11.6. The smallest absolute Gasteiger partial charge is 0.232 e. The zero-order valence-corrected chi connectivity index (χ0v) is 12.0. The highest BCUT2D eigenvalue weighted by molar-refractivity contribution is 5.99. The zero-order chi connectivity index (χ0) is 14.8. The lowest BCUT2D eigenvalue weighted by molar-refractivity contribution is -0.126. The minimum absolute atomic E-state index is 0.0632. The number of hydrogen-bond donors (Lipinski definition) is 2. The first kappa shape index (κ1) is 14.4. The van der Waals surface area contributed by atoms with Crippen molar-refractivity contribution in [3.05, 3.63) is 29.8 Å². The Kier molecular flexibility index (Phi) is 3.97. The van der Waals surface area contributed by atoms with Crippen molar-refractivity contribution in [2.45, 2.75) is 32.6 Å². The highest BCUT2D eigenvalue weighted by Gasteiger charge is 2.38. The summed E-state index contributed by atoms with van der Waals surface area (Å²) in [5.41, 5.74) is 6.73. The van der Waals surface area contributed by atoms with Crippen molar-refractivity contribution in [1.29, 1.82) is 0 Å². The predicted molar refractivity (Wildman–Crippen MR) is 78.9 cm³/mol. The van der Waals surface area contributed by atoms with Gasteiger partial charge < -0.3 is 15.8 Å². The number of rotatable bonds is 3. The van der Waals surface area contributed by atoms with Gasteiger partial charge in [0, 0.05) is 23.7 Å². The first-order valence-corrected chi connectivity index (χ1v) is 6.84. The fourth-order valence-corrected chi connectivity index (χ4v) is 2.80. The first-order valence-electron chi connectivity index (χ1n) is 6.84. The van der Waals surface area contributed by atoms with E-state index in [4.69, 9.17) is 10.9 Å². The van der Waals surface area contributed by atoms with Gasteiger partial charge in [0.15, 0.2) is 5.84 Å². The number of amidine groups is 1. The fraction of sp³-hybridized carbons (Fsp3) is 0.467. The number of benzene rings is 1. The lowest BCUT2D eigenvalue weighted by atomic mass is 9.87. The Morgan fingerprint density at radius 2 is 1.85 bits per heavy atom. The molecule has 1 aromatic rings. The van der Waals surface area contributed by atoms with E-state index in [2.05, 4.69) is 5.16 Å². The van der Waals surface area contributed by atoms with Crippen LogP contribution in [0.2, 0.25) is 0 Å². The number of anilines is 1. The summed E-state index contributed by atoms with van der Waals surface area (Å²) in [6, 6.07) is 7.10. The Balaban J connectivity index is 2.17. The molecule has 1 amide bonds. The summed E-state index contributed by atoms with van der Waals surface area (Å²) in [7, 11) is 1.80. The molecule has 0 spiro atoms. The molecule has 0 atom stereocenters. The molecule has 1 aliphatic rings. The van der Waals surface area contributed by atoms with Crippen molar-refractivity contribution in [2.75, 3.05) is 11.9 Å². The second-order valence-electron chi connectivity index (χ2n) is 5.66. The second kappa shape index (κ2) is 5.53. The van der Waals surface area contributed by atoms with Crippen LogP contribution in [0.3, 0.4) is 0 Å². The van der Waals surface area contributed by atoms with E-state index in [1.165, 1.54) is 0 Å². The molecule has 0 aromatic heterocycles. The summed E-state index contributed by atoms with van der Waals surface area (Å²) in [5.74, 6) is 0.222. The van der Waals surface area contributed by atoms with Gasteiger partial charge >= 0.3 is 0 Å². The van der Waals surface area contributed by atoms with Crippen molar-refractivity contribution in [3.63, 3.8) is 0 Å². The molecule has 2 rings (SSSR count). The average molecular weight is 275 g/mol. The molecule has 1 aromatic carbocycles. The number of carbonyl (C=O) groups excluding carboxylic acids is 1. The third-order valence-corrected chi connectivity index (χ3v) is 4.19. The monoisotopic (exact) mass is 275 g/mol. The average Bonchev–Trinajstić information content (AvgIpc) is 2.93. The number of amides is 1. The van der Waals surface area contributed by atoms with E-state index in [0.29, 0.717) is 5.56 Å². The van der Waals surface area contributed by atoms with E-state index in [1.807, 2.05) is 19.1 Å². The maximum absolute atomic E-state index is 12.6. The molecule has 20 heavy (non-hydrogen) atoms. The highest BCUT2D eigenvalue weighted by atomic mass is 16.4. The molecule has 108 valence electrons. The summed E-state index contributed by atoms with van der Waals surface area (Å²) in [4.78, 5) is 14.3. The molecule has 5 nitrogen and oxygen atoms in total. The SMILES string of the molecule is CN(C(=O)C1(C)CCCC1)c1ccc(/C(N)=N/O)cc1. The quantitative estimate of drug-likeness (QED) is 0.384. The van der Waals surface area contributed by atoms with Crippen LogP contribution in [0.1, 0.15) is 38.2 Å². The van der Waals surface area contributed by atoms with Gasteiger partial charge in [-0.25, -0.2) is 0 Å². The largest absolute Gasteiger partial charge is 0.409 e. The Morgan fingerprint density at radius 3 is 2.35 bits per heavy atom. The lowest BCUT2D eigenvalue weighted by Gasteiger charge is -2.29. The van der Waals surface area contributed by atoms with Crippen LogP contribution >= 0.6 is 0 Å². The minimum atomic E-state index is -0.237. The van der Waals surface area contributed by atoms with Crippen molar-refractivity contribution in [3.8, 4) is 0 Å². The summed E-state index contributed by atoms with van der Waals surface area (Å²) >= 11 is 0. The van der Waals surface area contributed by atoms with Crippen LogP contribution < -0.4 is 10.6 Å². The molecule has 0 saturated heterocycles. The second-order valence-corrected chi connectivity index (χ2v) is 5.66. The Labute approximate surface area is 119 Å². The fourth-order valence-electron chi connectivity index (χ4n) is 2.80. The molecule has 0 radical (unpaired) electrons. The van der Waals surface area contributed by atoms with E-state index in [-0.39, 0.29) is 17.2 Å². The molecule has 0 aliphatic heterocycles. The number of nitrogens with zero attached hydrogens (tertiary/aromatic N) is 2. The molecule has 0 heterocycles. The van der Waals surface area contributed by atoms with Crippen LogP contribution in [0.15, 0.2) is 29.4 Å². The summed E-state index contributed by atoms with van der Waals surface area (Å²) in [6.07, 6.45) is 4.16. The van der Waals surface area contributed by atoms with E-state index in [1.54, 1.807) is 24.1 Å². The van der Waals surface area contributed by atoms with Gasteiger partial charge in [-0.2, -0.15) is 0 Å². The molecule has 0 unspecified atom stereocenters. The molecule has 1 saturated carbocycles. The number of oxime groups is 1. The maximum atomic E-state index is 12.6. The van der Waals surface area contributed by atoms with Crippen molar-refractivity contribution >= 4 is 17.4 Å². The van der Waals surface area contributed by atoms with Crippen LogP contribution in [-0.2, 0) is 4.79 Å². The summed E-state index contributed by atoms with van der Waals surface area (Å²) in [6.45, 7) is 2.05. The Bertz CT molecular complexity index is 516. The number of carbonyl (C=O) groups is 1. The standard InChI is InChI=1S/C15H21N3O2/c1-15(9-3-4-10-15)14(19)18(2)12-7-5-11(6-8-12)13(16)17-20/h5-8,20H,3-4,9-10H2,1-2H3,(H2,16,17). The number of nitrogens with two attached hydrogens (primary N) is 1. The van der Waals surface area contributed by atoms with Crippen LogP contribution in [-0.4, -0.2) is 24.0 Å². The van der Waals surface area contributed by atoms with Crippen molar-refractivity contribution in [2.24, 2.45) is 16.3 Å². The van der Waals surface area contributed by atoms with Gasteiger partial charge in [-0.15, -0.1) is 0 Å². The third kappa shape index (κ3) is 2.61. The maximum Gasteiger partial charge on any atom is 0.232 e. The van der Waals surface area contributed by atoms with Gasteiger partial charge in [-0.3, -0.25) is 4.79 Å². The van der Waals surface area contributed by atoms with E-state index in [9.17, 15) is 4.79 Å². The van der Waals surface area contributed by atoms with E-state index in [0.717, 1.165) is 31.4 Å². The predicted octanol–water partition coefficient (Wildman–Crippen LogP) is 2.32. The zero-order valence-electron chi connectivity index (χ0n) is 12.0. The summed E-state index contributed by atoms with van der Waals surface area (Å²) < 4.78 is 0. The van der Waals surface area contributed by atoms with Gasteiger partial charge in [-0.05, 0) is 37.1 Å². The number of hydrogen-bond acceptors (Lipinski definition) is 3. The molecule has 3 N–H and O–H groups in total. The van der Waals surface area contributed by atoms with Gasteiger partial charge in [0.2, 0.25) is 5.91 Å². The minimum Gasteiger partial charge on any atom is -0.409 e. The van der Waals surface area contributed by atoms with E-state index >= 15 is 0 Å². The highest BCUT2D eigenvalue weighted by Crippen LogP contribution is 2.39. The van der Waals surface area contributed by atoms with Crippen LogP contribution in [0.4, 0.5) is 5.69 Å². The van der Waals surface area contributed by atoms with Crippen LogP contribution in [0.25, 0.3) is 0 Å². The first-order chi connectivity index (χ1) is 9.48. The molecule has 0 bridgehead atoms. The van der Waals surface area contributed by atoms with Gasteiger partial charge in [0.05, 0.1) is 0 Å². The van der Waals surface area contributed by atoms with Gasteiger partial charge in [0.25, 0.3) is 0 Å². The van der Waals surface area contributed by atoms with Gasteiger partial charge in [-0.1, -0.05) is 24.9 Å².